The van der Waals surface area contributed by atoms with E-state index in [1.54, 1.807) is 24.3 Å². The monoisotopic (exact) mass is 280 g/mol. The second-order valence-electron chi connectivity index (χ2n) is 4.72. The summed E-state index contributed by atoms with van der Waals surface area (Å²) in [7, 11) is 0. The molecule has 0 unspecified atom stereocenters. The molecular weight excluding hydrogens is 267 g/mol. The zero-order valence-electron chi connectivity index (χ0n) is 11.1. The van der Waals surface area contributed by atoms with E-state index in [1.165, 1.54) is 12.1 Å². The van der Waals surface area contributed by atoms with Gasteiger partial charge in [0.05, 0.1) is 11.3 Å². The fourth-order valence-electron chi connectivity index (χ4n) is 2.21. The van der Waals surface area contributed by atoms with Gasteiger partial charge in [-0.2, -0.15) is 0 Å². The molecule has 4 heteroatoms. The molecule has 21 heavy (non-hydrogen) atoms. The number of anilines is 2. The Bertz CT molecular complexity index is 830. The Morgan fingerprint density at radius 1 is 0.952 bits per heavy atom. The zero-order valence-corrected chi connectivity index (χ0v) is 11.1. The minimum Gasteiger partial charge on any atom is -0.398 e. The van der Waals surface area contributed by atoms with Crippen LogP contribution in [0.25, 0.3) is 10.8 Å². The van der Waals surface area contributed by atoms with Crippen LogP contribution in [0.4, 0.5) is 15.8 Å². The number of nitrogens with one attached hydrogen (secondary N) is 1. The molecule has 0 saturated heterocycles. The lowest BCUT2D eigenvalue weighted by atomic mass is 10.0. The summed E-state index contributed by atoms with van der Waals surface area (Å²) in [5, 5.41) is 4.40. The van der Waals surface area contributed by atoms with E-state index in [-0.39, 0.29) is 5.69 Å². The third kappa shape index (κ3) is 2.56. The van der Waals surface area contributed by atoms with Gasteiger partial charge in [0.15, 0.2) is 0 Å². The largest absolute Gasteiger partial charge is 0.398 e. The van der Waals surface area contributed by atoms with Gasteiger partial charge in [0.25, 0.3) is 5.91 Å². The van der Waals surface area contributed by atoms with Crippen molar-refractivity contribution in [2.75, 3.05) is 11.1 Å². The standard InChI is InChI=1S/C17H13FN2O/c18-14-7-3-4-8-16(14)20-17(21)13-9-11-5-1-2-6-12(11)10-15(13)19/h1-10H,19H2,(H,20,21). The number of amides is 1. The second-order valence-corrected chi connectivity index (χ2v) is 4.72. The highest BCUT2D eigenvalue weighted by Gasteiger charge is 2.13. The number of rotatable bonds is 2. The van der Waals surface area contributed by atoms with Gasteiger partial charge >= 0.3 is 0 Å². The van der Waals surface area contributed by atoms with Gasteiger partial charge in [-0.3, -0.25) is 4.79 Å². The Balaban J connectivity index is 1.98. The van der Waals surface area contributed by atoms with Gasteiger partial charge in [0.1, 0.15) is 5.82 Å². The van der Waals surface area contributed by atoms with Crippen molar-refractivity contribution in [2.45, 2.75) is 0 Å². The lowest BCUT2D eigenvalue weighted by Crippen LogP contribution is -2.15. The molecule has 1 amide bonds. The van der Waals surface area contributed by atoms with Crippen LogP contribution in [0.3, 0.4) is 0 Å². The van der Waals surface area contributed by atoms with Gasteiger partial charge in [-0.05, 0) is 35.0 Å². The highest BCUT2D eigenvalue weighted by molar-refractivity contribution is 6.10. The summed E-state index contributed by atoms with van der Waals surface area (Å²) < 4.78 is 13.6. The van der Waals surface area contributed by atoms with Crippen molar-refractivity contribution in [2.24, 2.45) is 0 Å². The minimum absolute atomic E-state index is 0.134. The number of fused-ring (bicyclic) bond motifs is 1. The van der Waals surface area contributed by atoms with E-state index in [9.17, 15) is 9.18 Å². The number of carbonyl (C=O) groups is 1. The number of halogens is 1. The van der Waals surface area contributed by atoms with E-state index in [2.05, 4.69) is 5.32 Å². The Labute approximate surface area is 121 Å². The Morgan fingerprint density at radius 2 is 1.57 bits per heavy atom. The second kappa shape index (κ2) is 5.25. The summed E-state index contributed by atoms with van der Waals surface area (Å²) in [4.78, 5) is 12.3. The average molecular weight is 280 g/mol. The number of para-hydroxylation sites is 1. The fourth-order valence-corrected chi connectivity index (χ4v) is 2.21. The predicted octanol–water partition coefficient (Wildman–Crippen LogP) is 3.81. The van der Waals surface area contributed by atoms with Gasteiger partial charge in [-0.1, -0.05) is 36.4 Å². The Kier molecular flexibility index (Phi) is 3.28. The van der Waals surface area contributed by atoms with E-state index in [4.69, 9.17) is 5.73 Å². The number of carbonyl (C=O) groups excluding carboxylic acids is 1. The van der Waals surface area contributed by atoms with Crippen LogP contribution in [0.1, 0.15) is 10.4 Å². The molecule has 3 aromatic carbocycles. The van der Waals surface area contributed by atoms with Crippen molar-refractivity contribution < 1.29 is 9.18 Å². The fraction of sp³-hybridized carbons (Fsp3) is 0. The lowest BCUT2D eigenvalue weighted by Gasteiger charge is -2.09. The van der Waals surface area contributed by atoms with Crippen LogP contribution in [0.2, 0.25) is 0 Å². The van der Waals surface area contributed by atoms with Crippen LogP contribution < -0.4 is 11.1 Å². The van der Waals surface area contributed by atoms with Crippen LogP contribution in [-0.2, 0) is 0 Å². The molecule has 0 aromatic heterocycles. The molecule has 3 aromatic rings. The highest BCUT2D eigenvalue weighted by Crippen LogP contribution is 2.23. The lowest BCUT2D eigenvalue weighted by molar-refractivity contribution is 0.102. The molecule has 0 atom stereocenters. The first-order valence-electron chi connectivity index (χ1n) is 6.49. The molecule has 0 aliphatic rings. The van der Waals surface area contributed by atoms with Crippen molar-refractivity contribution in [1.82, 2.24) is 0 Å². The van der Waals surface area contributed by atoms with Crippen molar-refractivity contribution in [3.63, 3.8) is 0 Å². The summed E-state index contributed by atoms with van der Waals surface area (Å²) in [6, 6.07) is 17.1. The maximum atomic E-state index is 13.6. The molecule has 0 aliphatic heterocycles. The van der Waals surface area contributed by atoms with Crippen LogP contribution in [0, 0.1) is 5.82 Å². The van der Waals surface area contributed by atoms with Crippen molar-refractivity contribution in [3.05, 3.63) is 72.0 Å². The smallest absolute Gasteiger partial charge is 0.257 e. The van der Waals surface area contributed by atoms with Crippen LogP contribution in [0.15, 0.2) is 60.7 Å². The molecule has 0 heterocycles. The molecule has 0 spiro atoms. The summed E-state index contributed by atoms with van der Waals surface area (Å²) in [5.41, 5.74) is 6.75. The first kappa shape index (κ1) is 13.1. The van der Waals surface area contributed by atoms with E-state index in [0.717, 1.165) is 10.8 Å². The Morgan fingerprint density at radius 3 is 2.29 bits per heavy atom. The first-order valence-corrected chi connectivity index (χ1v) is 6.49. The first-order chi connectivity index (χ1) is 10.1. The van der Waals surface area contributed by atoms with Crippen molar-refractivity contribution >= 4 is 28.1 Å². The van der Waals surface area contributed by atoms with E-state index in [1.807, 2.05) is 24.3 Å². The molecule has 3 rings (SSSR count). The molecule has 0 bridgehead atoms. The molecule has 0 radical (unpaired) electrons. The molecule has 0 fully saturated rings. The van der Waals surface area contributed by atoms with Gasteiger partial charge < -0.3 is 11.1 Å². The third-order valence-electron chi connectivity index (χ3n) is 3.28. The third-order valence-corrected chi connectivity index (χ3v) is 3.28. The van der Waals surface area contributed by atoms with E-state index in [0.29, 0.717) is 11.3 Å². The number of hydrogen-bond donors (Lipinski definition) is 2. The van der Waals surface area contributed by atoms with Crippen LogP contribution in [-0.4, -0.2) is 5.91 Å². The normalized spacial score (nSPS) is 10.5. The molecular formula is C17H13FN2O. The Hall–Kier alpha value is -2.88. The summed E-state index contributed by atoms with van der Waals surface area (Å²) >= 11 is 0. The number of hydrogen-bond acceptors (Lipinski definition) is 2. The maximum Gasteiger partial charge on any atom is 0.257 e. The van der Waals surface area contributed by atoms with Gasteiger partial charge in [0, 0.05) is 5.69 Å². The topological polar surface area (TPSA) is 55.1 Å². The predicted molar refractivity (Wildman–Crippen MR) is 82.7 cm³/mol. The van der Waals surface area contributed by atoms with Crippen LogP contribution >= 0.6 is 0 Å². The maximum absolute atomic E-state index is 13.6. The summed E-state index contributed by atoms with van der Waals surface area (Å²) in [5.74, 6) is -0.909. The number of nitrogens with two attached hydrogens (primary N) is 1. The van der Waals surface area contributed by atoms with Gasteiger partial charge in [-0.25, -0.2) is 4.39 Å². The summed E-state index contributed by atoms with van der Waals surface area (Å²) in [6.07, 6.45) is 0. The van der Waals surface area contributed by atoms with Crippen LogP contribution in [0.5, 0.6) is 0 Å². The quantitative estimate of drug-likeness (QED) is 0.701. The molecule has 104 valence electrons. The van der Waals surface area contributed by atoms with E-state index >= 15 is 0 Å². The van der Waals surface area contributed by atoms with Gasteiger partial charge in [-0.15, -0.1) is 0 Å². The SMILES string of the molecule is Nc1cc2ccccc2cc1C(=O)Nc1ccccc1F. The average Bonchev–Trinajstić information content (AvgIpc) is 2.49. The molecule has 0 aliphatic carbocycles. The summed E-state index contributed by atoms with van der Waals surface area (Å²) in [6.45, 7) is 0. The van der Waals surface area contributed by atoms with E-state index < -0.39 is 11.7 Å². The number of nitrogen functional groups attached to an aromatic ring is 1. The molecule has 0 saturated carbocycles. The minimum atomic E-state index is -0.481. The molecule has 3 N–H and O–H groups in total. The zero-order chi connectivity index (χ0) is 14.8. The van der Waals surface area contributed by atoms with Gasteiger partial charge in [0.2, 0.25) is 0 Å². The highest BCUT2D eigenvalue weighted by atomic mass is 19.1. The number of benzene rings is 3. The molecule has 3 nitrogen and oxygen atoms in total. The van der Waals surface area contributed by atoms with Crippen molar-refractivity contribution in [3.8, 4) is 0 Å². The van der Waals surface area contributed by atoms with Crippen molar-refractivity contribution in [1.29, 1.82) is 0 Å².